The standard InChI is InChI=1S/C15H24ClN3O/c1-6-7-12-18-13(16)9(2)14(19-12)17-10-8-11(20-5)15(10,3)4/h10-11H,6-8H2,1-5H3,(H,17,18,19). The molecule has 0 aromatic carbocycles. The first-order valence-corrected chi connectivity index (χ1v) is 7.60. The van der Waals surface area contributed by atoms with Crippen LogP contribution in [0, 0.1) is 12.3 Å². The summed E-state index contributed by atoms with van der Waals surface area (Å²) in [6, 6.07) is 0.353. The van der Waals surface area contributed by atoms with Gasteiger partial charge in [-0.1, -0.05) is 32.4 Å². The molecular formula is C15H24ClN3O. The molecule has 1 N–H and O–H groups in total. The van der Waals surface area contributed by atoms with Gasteiger partial charge in [0.2, 0.25) is 0 Å². The molecular weight excluding hydrogens is 274 g/mol. The summed E-state index contributed by atoms with van der Waals surface area (Å²) < 4.78 is 5.49. The van der Waals surface area contributed by atoms with Crippen molar-refractivity contribution >= 4 is 17.4 Å². The molecule has 20 heavy (non-hydrogen) atoms. The predicted octanol–water partition coefficient (Wildman–Crippen LogP) is 3.62. The summed E-state index contributed by atoms with van der Waals surface area (Å²) in [6.07, 6.45) is 3.16. The SMILES string of the molecule is CCCc1nc(Cl)c(C)c(NC2CC(OC)C2(C)C)n1. The Morgan fingerprint density at radius 3 is 2.65 bits per heavy atom. The van der Waals surface area contributed by atoms with Crippen LogP contribution in [0.3, 0.4) is 0 Å². The zero-order valence-corrected chi connectivity index (χ0v) is 13.7. The fourth-order valence-electron chi connectivity index (χ4n) is 2.70. The van der Waals surface area contributed by atoms with Gasteiger partial charge in [0.1, 0.15) is 16.8 Å². The van der Waals surface area contributed by atoms with Gasteiger partial charge in [0.15, 0.2) is 0 Å². The normalized spacial score (nSPS) is 24.3. The highest BCUT2D eigenvalue weighted by atomic mass is 35.5. The van der Waals surface area contributed by atoms with Gasteiger partial charge in [0.05, 0.1) is 6.10 Å². The minimum Gasteiger partial charge on any atom is -0.381 e. The lowest BCUT2D eigenvalue weighted by Crippen LogP contribution is -2.57. The van der Waals surface area contributed by atoms with E-state index in [4.69, 9.17) is 16.3 Å². The van der Waals surface area contributed by atoms with Crippen LogP contribution in [0.4, 0.5) is 5.82 Å². The summed E-state index contributed by atoms with van der Waals surface area (Å²) in [5, 5.41) is 4.07. The maximum absolute atomic E-state index is 6.21. The highest BCUT2D eigenvalue weighted by Crippen LogP contribution is 2.44. The van der Waals surface area contributed by atoms with Crippen LogP contribution in [0.5, 0.6) is 0 Å². The zero-order chi connectivity index (χ0) is 14.9. The molecule has 0 aliphatic heterocycles. The fourth-order valence-corrected chi connectivity index (χ4v) is 2.89. The molecule has 0 amide bonds. The third-order valence-corrected chi connectivity index (χ3v) is 4.75. The number of methoxy groups -OCH3 is 1. The van der Waals surface area contributed by atoms with Crippen LogP contribution in [0.2, 0.25) is 5.15 Å². The first-order valence-electron chi connectivity index (χ1n) is 7.22. The summed E-state index contributed by atoms with van der Waals surface area (Å²) in [5.74, 6) is 1.67. The molecule has 2 unspecified atom stereocenters. The third kappa shape index (κ3) is 2.77. The number of aryl methyl sites for hydroxylation is 1. The van der Waals surface area contributed by atoms with E-state index in [9.17, 15) is 0 Å². The van der Waals surface area contributed by atoms with E-state index >= 15 is 0 Å². The summed E-state index contributed by atoms with van der Waals surface area (Å²) in [6.45, 7) is 8.50. The van der Waals surface area contributed by atoms with Gasteiger partial charge in [0, 0.05) is 30.6 Å². The zero-order valence-electron chi connectivity index (χ0n) is 13.0. The monoisotopic (exact) mass is 297 g/mol. The second kappa shape index (κ2) is 5.86. The third-order valence-electron chi connectivity index (χ3n) is 4.38. The number of anilines is 1. The van der Waals surface area contributed by atoms with E-state index in [2.05, 4.69) is 36.1 Å². The van der Waals surface area contributed by atoms with Gasteiger partial charge in [0.25, 0.3) is 0 Å². The average molecular weight is 298 g/mol. The molecule has 0 radical (unpaired) electrons. The van der Waals surface area contributed by atoms with Crippen LogP contribution in [-0.4, -0.2) is 29.2 Å². The minimum atomic E-state index is 0.101. The molecule has 1 heterocycles. The number of ether oxygens (including phenoxy) is 1. The van der Waals surface area contributed by atoms with Gasteiger partial charge >= 0.3 is 0 Å². The van der Waals surface area contributed by atoms with Gasteiger partial charge in [-0.05, 0) is 19.8 Å². The van der Waals surface area contributed by atoms with E-state index in [1.807, 2.05) is 6.92 Å². The molecule has 0 saturated heterocycles. The molecule has 1 fully saturated rings. The molecule has 0 bridgehead atoms. The van der Waals surface area contributed by atoms with Gasteiger partial charge in [-0.2, -0.15) is 0 Å². The number of halogens is 1. The number of nitrogens with one attached hydrogen (secondary N) is 1. The Labute approximate surface area is 126 Å². The molecule has 1 aliphatic carbocycles. The minimum absolute atomic E-state index is 0.101. The first-order chi connectivity index (χ1) is 9.40. The smallest absolute Gasteiger partial charge is 0.137 e. The van der Waals surface area contributed by atoms with E-state index < -0.39 is 0 Å². The van der Waals surface area contributed by atoms with Crippen molar-refractivity contribution in [1.82, 2.24) is 9.97 Å². The second-order valence-electron chi connectivity index (χ2n) is 6.13. The number of hydrogen-bond acceptors (Lipinski definition) is 4. The van der Waals surface area contributed by atoms with Crippen LogP contribution >= 0.6 is 11.6 Å². The van der Waals surface area contributed by atoms with Gasteiger partial charge in [-0.15, -0.1) is 0 Å². The first kappa shape index (κ1) is 15.5. The molecule has 5 heteroatoms. The van der Waals surface area contributed by atoms with Crippen LogP contribution < -0.4 is 5.32 Å². The summed E-state index contributed by atoms with van der Waals surface area (Å²) >= 11 is 6.21. The van der Waals surface area contributed by atoms with Crippen molar-refractivity contribution in [3.05, 3.63) is 16.5 Å². The lowest BCUT2D eigenvalue weighted by molar-refractivity contribution is -0.0795. The molecule has 0 spiro atoms. The molecule has 2 atom stereocenters. The van der Waals surface area contributed by atoms with Crippen molar-refractivity contribution in [2.75, 3.05) is 12.4 Å². The Morgan fingerprint density at radius 2 is 2.10 bits per heavy atom. The largest absolute Gasteiger partial charge is 0.381 e. The summed E-state index contributed by atoms with van der Waals surface area (Å²) in [5.41, 5.74) is 1.02. The number of aromatic nitrogens is 2. The highest BCUT2D eigenvalue weighted by molar-refractivity contribution is 6.30. The molecule has 1 aromatic heterocycles. The van der Waals surface area contributed by atoms with E-state index in [0.717, 1.165) is 36.5 Å². The molecule has 1 aliphatic rings. The van der Waals surface area contributed by atoms with E-state index in [0.29, 0.717) is 17.3 Å². The van der Waals surface area contributed by atoms with Gasteiger partial charge in [-0.25, -0.2) is 9.97 Å². The van der Waals surface area contributed by atoms with Crippen molar-refractivity contribution in [1.29, 1.82) is 0 Å². The van der Waals surface area contributed by atoms with Crippen molar-refractivity contribution in [3.8, 4) is 0 Å². The predicted molar refractivity (Wildman–Crippen MR) is 82.4 cm³/mol. The highest BCUT2D eigenvalue weighted by Gasteiger charge is 2.48. The maximum atomic E-state index is 6.21. The van der Waals surface area contributed by atoms with Crippen molar-refractivity contribution in [2.24, 2.45) is 5.41 Å². The Balaban J connectivity index is 2.17. The number of hydrogen-bond donors (Lipinski definition) is 1. The van der Waals surface area contributed by atoms with E-state index in [1.165, 1.54) is 0 Å². The molecule has 112 valence electrons. The maximum Gasteiger partial charge on any atom is 0.137 e. The number of nitrogens with zero attached hydrogens (tertiary/aromatic N) is 2. The fraction of sp³-hybridized carbons (Fsp3) is 0.733. The van der Waals surface area contributed by atoms with Crippen LogP contribution in [-0.2, 0) is 11.2 Å². The van der Waals surface area contributed by atoms with E-state index in [-0.39, 0.29) is 5.41 Å². The van der Waals surface area contributed by atoms with Crippen molar-refractivity contribution in [3.63, 3.8) is 0 Å². The van der Waals surface area contributed by atoms with Crippen molar-refractivity contribution < 1.29 is 4.74 Å². The molecule has 4 nitrogen and oxygen atoms in total. The van der Waals surface area contributed by atoms with E-state index in [1.54, 1.807) is 7.11 Å². The average Bonchev–Trinajstić information content (AvgIpc) is 2.39. The Morgan fingerprint density at radius 1 is 1.40 bits per heavy atom. The second-order valence-corrected chi connectivity index (χ2v) is 6.49. The molecule has 1 aromatic rings. The summed E-state index contributed by atoms with van der Waals surface area (Å²) in [7, 11) is 1.77. The van der Waals surface area contributed by atoms with Crippen LogP contribution in [0.1, 0.15) is 45.0 Å². The van der Waals surface area contributed by atoms with Crippen molar-refractivity contribution in [2.45, 2.75) is 59.1 Å². The summed E-state index contributed by atoms with van der Waals surface area (Å²) in [4.78, 5) is 8.94. The topological polar surface area (TPSA) is 47.0 Å². The Kier molecular flexibility index (Phi) is 4.55. The van der Waals surface area contributed by atoms with Gasteiger partial charge in [-0.3, -0.25) is 0 Å². The molecule has 1 saturated carbocycles. The lowest BCUT2D eigenvalue weighted by Gasteiger charge is -2.51. The Bertz CT molecular complexity index is 490. The van der Waals surface area contributed by atoms with Crippen LogP contribution in [0.25, 0.3) is 0 Å². The quantitative estimate of drug-likeness (QED) is 0.843. The van der Waals surface area contributed by atoms with Gasteiger partial charge < -0.3 is 10.1 Å². The Hall–Kier alpha value is -0.870. The number of rotatable bonds is 5. The molecule has 2 rings (SSSR count). The lowest BCUT2D eigenvalue weighted by atomic mass is 9.64. The van der Waals surface area contributed by atoms with Crippen LogP contribution in [0.15, 0.2) is 0 Å².